The molecule has 0 spiro atoms. The first-order valence-electron chi connectivity index (χ1n) is 11.6. The van der Waals surface area contributed by atoms with Crippen molar-refractivity contribution in [2.45, 2.75) is 78.6 Å². The minimum Gasteiger partial charge on any atom is -0.294 e. The number of allylic oxidation sites excluding steroid dienone is 1. The third-order valence-corrected chi connectivity index (χ3v) is 9.58. The fourth-order valence-electron chi connectivity index (χ4n) is 8.04. The highest BCUT2D eigenvalue weighted by molar-refractivity contribution is 6.05. The molecule has 4 saturated carbocycles. The van der Waals surface area contributed by atoms with Gasteiger partial charge in [-0.1, -0.05) is 26.7 Å². The molecule has 1 aromatic rings. The monoisotopic (exact) mass is 380 g/mol. The molecule has 4 aliphatic rings. The van der Waals surface area contributed by atoms with Crippen LogP contribution >= 0.6 is 0 Å². The van der Waals surface area contributed by atoms with E-state index in [1.807, 2.05) is 18.7 Å². The Balaban J connectivity index is 1.47. The predicted octanol–water partition coefficient (Wildman–Crippen LogP) is 5.72. The molecule has 4 aliphatic carbocycles. The molecule has 0 bridgehead atoms. The summed E-state index contributed by atoms with van der Waals surface area (Å²) in [7, 11) is 1.98. The van der Waals surface area contributed by atoms with Crippen molar-refractivity contribution in [2.24, 2.45) is 41.5 Å². The summed E-state index contributed by atoms with van der Waals surface area (Å²) < 4.78 is 1.91. The van der Waals surface area contributed by atoms with Crippen molar-refractivity contribution in [3.63, 3.8) is 0 Å². The first kappa shape index (κ1) is 18.6. The SMILES string of the molecule is Cc1cc(/C=C2/C[C@@H]3[C@H]4CC[C@@H]5CCCC[C@]5(C)[C@@H]4CC[C@@]3(C)C2=O)n(C)n1. The van der Waals surface area contributed by atoms with Crippen molar-refractivity contribution < 1.29 is 4.79 Å². The molecule has 1 heterocycles. The maximum absolute atomic E-state index is 13.5. The Labute approximate surface area is 170 Å². The number of hydrogen-bond acceptors (Lipinski definition) is 2. The number of aryl methyl sites for hydroxylation is 2. The minimum atomic E-state index is -0.126. The number of hydrogen-bond donors (Lipinski definition) is 0. The zero-order valence-corrected chi connectivity index (χ0v) is 18.1. The number of Topliss-reactive ketones (excluding diaryl/α,β-unsaturated/α-hetero) is 1. The van der Waals surface area contributed by atoms with Crippen LogP contribution in [0.3, 0.4) is 0 Å². The lowest BCUT2D eigenvalue weighted by atomic mass is 9.45. The van der Waals surface area contributed by atoms with Gasteiger partial charge in [0.05, 0.1) is 11.4 Å². The lowest BCUT2D eigenvalue weighted by Crippen LogP contribution is -2.52. The highest BCUT2D eigenvalue weighted by atomic mass is 16.1. The van der Waals surface area contributed by atoms with Crippen LogP contribution < -0.4 is 0 Å². The maximum Gasteiger partial charge on any atom is 0.165 e. The van der Waals surface area contributed by atoms with Crippen LogP contribution in [0.2, 0.25) is 0 Å². The first-order chi connectivity index (χ1) is 13.3. The molecule has 0 aliphatic heterocycles. The summed E-state index contributed by atoms with van der Waals surface area (Å²) in [4.78, 5) is 13.5. The van der Waals surface area contributed by atoms with Gasteiger partial charge >= 0.3 is 0 Å². The summed E-state index contributed by atoms with van der Waals surface area (Å²) in [5.41, 5.74) is 3.57. The summed E-state index contributed by atoms with van der Waals surface area (Å²) in [6, 6.07) is 2.10. The van der Waals surface area contributed by atoms with Crippen molar-refractivity contribution in [3.8, 4) is 0 Å². The molecule has 3 heteroatoms. The van der Waals surface area contributed by atoms with E-state index in [4.69, 9.17) is 0 Å². The molecule has 0 radical (unpaired) electrons. The number of ketones is 1. The van der Waals surface area contributed by atoms with E-state index in [-0.39, 0.29) is 5.41 Å². The summed E-state index contributed by atoms with van der Waals surface area (Å²) in [5, 5.41) is 4.47. The Kier molecular flexibility index (Phi) is 4.20. The third kappa shape index (κ3) is 2.53. The summed E-state index contributed by atoms with van der Waals surface area (Å²) >= 11 is 0. The van der Waals surface area contributed by atoms with Crippen LogP contribution in [-0.4, -0.2) is 15.6 Å². The van der Waals surface area contributed by atoms with Gasteiger partial charge in [0.15, 0.2) is 5.78 Å². The second kappa shape index (κ2) is 6.31. The van der Waals surface area contributed by atoms with Gasteiger partial charge in [0.25, 0.3) is 0 Å². The van der Waals surface area contributed by atoms with Gasteiger partial charge in [-0.2, -0.15) is 5.10 Å². The Bertz CT molecular complexity index is 836. The van der Waals surface area contributed by atoms with Crippen LogP contribution in [0.1, 0.15) is 83.0 Å². The molecule has 0 unspecified atom stereocenters. The molecule has 5 rings (SSSR count). The number of fused-ring (bicyclic) bond motifs is 5. The number of rotatable bonds is 1. The lowest BCUT2D eigenvalue weighted by Gasteiger charge is -2.59. The van der Waals surface area contributed by atoms with Gasteiger partial charge in [-0.15, -0.1) is 0 Å². The largest absolute Gasteiger partial charge is 0.294 e. The molecule has 0 saturated heterocycles. The molecule has 1 aromatic heterocycles. The van der Waals surface area contributed by atoms with E-state index in [0.717, 1.165) is 47.6 Å². The zero-order valence-electron chi connectivity index (χ0n) is 18.1. The Morgan fingerprint density at radius 1 is 1.11 bits per heavy atom. The van der Waals surface area contributed by atoms with Crippen LogP contribution in [0.5, 0.6) is 0 Å². The number of aromatic nitrogens is 2. The molecular formula is C25H36N2O. The van der Waals surface area contributed by atoms with E-state index >= 15 is 0 Å². The van der Waals surface area contributed by atoms with Gasteiger partial charge < -0.3 is 0 Å². The molecule has 0 aromatic carbocycles. The average molecular weight is 381 g/mol. The fourth-order valence-corrected chi connectivity index (χ4v) is 8.04. The highest BCUT2D eigenvalue weighted by Gasteiger charge is 2.60. The van der Waals surface area contributed by atoms with Crippen LogP contribution in [-0.2, 0) is 11.8 Å². The van der Waals surface area contributed by atoms with Gasteiger partial charge in [-0.25, -0.2) is 0 Å². The van der Waals surface area contributed by atoms with Gasteiger partial charge in [0.1, 0.15) is 0 Å². The Hall–Kier alpha value is -1.38. The molecular weight excluding hydrogens is 344 g/mol. The van der Waals surface area contributed by atoms with Gasteiger partial charge in [0.2, 0.25) is 0 Å². The van der Waals surface area contributed by atoms with Gasteiger partial charge in [-0.3, -0.25) is 9.48 Å². The van der Waals surface area contributed by atoms with Crippen LogP contribution in [0.4, 0.5) is 0 Å². The van der Waals surface area contributed by atoms with Crippen LogP contribution in [0, 0.1) is 41.4 Å². The molecule has 28 heavy (non-hydrogen) atoms. The quantitative estimate of drug-likeness (QED) is 0.584. The lowest BCUT2D eigenvalue weighted by molar-refractivity contribution is -0.137. The van der Waals surface area contributed by atoms with Gasteiger partial charge in [0, 0.05) is 12.5 Å². The van der Waals surface area contributed by atoms with Crippen molar-refractivity contribution in [3.05, 3.63) is 23.0 Å². The molecule has 4 fully saturated rings. The molecule has 6 atom stereocenters. The number of carbonyl (C=O) groups excluding carboxylic acids is 1. The second-order valence-corrected chi connectivity index (χ2v) is 10.9. The topological polar surface area (TPSA) is 34.9 Å². The molecule has 0 N–H and O–H groups in total. The predicted molar refractivity (Wildman–Crippen MR) is 113 cm³/mol. The minimum absolute atomic E-state index is 0.126. The molecule has 152 valence electrons. The van der Waals surface area contributed by atoms with Crippen LogP contribution in [0.15, 0.2) is 11.6 Å². The van der Waals surface area contributed by atoms with Crippen LogP contribution in [0.25, 0.3) is 6.08 Å². The van der Waals surface area contributed by atoms with Crippen molar-refractivity contribution in [1.29, 1.82) is 0 Å². The standard InChI is InChI=1S/C25H36N2O/c1-16-13-19(27(4)26-16)14-17-15-22-20-9-8-18-7-5-6-11-24(18,2)21(20)10-12-25(22,3)23(17)28/h13-14,18,20-22H,5-12,15H2,1-4H3/b17-14-/t18-,20-,21+,22+,24-,25+/m0/s1. The Morgan fingerprint density at radius 2 is 1.93 bits per heavy atom. The summed E-state index contributed by atoms with van der Waals surface area (Å²) in [6.07, 6.45) is 14.0. The summed E-state index contributed by atoms with van der Waals surface area (Å²) in [6.45, 7) is 6.93. The van der Waals surface area contributed by atoms with E-state index in [2.05, 4.69) is 31.1 Å². The van der Waals surface area contributed by atoms with Gasteiger partial charge in [-0.05, 0) is 98.7 Å². The van der Waals surface area contributed by atoms with E-state index in [1.165, 1.54) is 44.9 Å². The summed E-state index contributed by atoms with van der Waals surface area (Å²) in [5.74, 6) is 3.53. The highest BCUT2D eigenvalue weighted by Crippen LogP contribution is 2.66. The first-order valence-corrected chi connectivity index (χ1v) is 11.6. The van der Waals surface area contributed by atoms with E-state index < -0.39 is 0 Å². The zero-order chi connectivity index (χ0) is 19.7. The molecule has 0 amide bonds. The smallest absolute Gasteiger partial charge is 0.165 e. The maximum atomic E-state index is 13.5. The number of nitrogens with zero attached hydrogens (tertiary/aromatic N) is 2. The van der Waals surface area contributed by atoms with Crippen molar-refractivity contribution >= 4 is 11.9 Å². The fraction of sp³-hybridized carbons (Fsp3) is 0.760. The van der Waals surface area contributed by atoms with E-state index in [0.29, 0.717) is 17.1 Å². The second-order valence-electron chi connectivity index (χ2n) is 10.9. The number of carbonyl (C=O) groups is 1. The van der Waals surface area contributed by atoms with Crippen molar-refractivity contribution in [2.75, 3.05) is 0 Å². The Morgan fingerprint density at radius 3 is 2.68 bits per heavy atom. The average Bonchev–Trinajstić information content (AvgIpc) is 3.11. The van der Waals surface area contributed by atoms with E-state index in [9.17, 15) is 4.79 Å². The molecule has 3 nitrogen and oxygen atoms in total. The third-order valence-electron chi connectivity index (χ3n) is 9.58. The normalized spacial score (nSPS) is 44.3. The van der Waals surface area contributed by atoms with E-state index in [1.54, 1.807) is 0 Å². The van der Waals surface area contributed by atoms with Crippen molar-refractivity contribution in [1.82, 2.24) is 9.78 Å².